The van der Waals surface area contributed by atoms with Gasteiger partial charge in [0.1, 0.15) is 0 Å². The fourth-order valence-electron chi connectivity index (χ4n) is 2.31. The van der Waals surface area contributed by atoms with Crippen LogP contribution in [0.2, 0.25) is 0 Å². The molecule has 21 heavy (non-hydrogen) atoms. The minimum Gasteiger partial charge on any atom is -0.351 e. The molecule has 0 spiro atoms. The van der Waals surface area contributed by atoms with Crippen LogP contribution in [0, 0.1) is 6.92 Å². The molecule has 3 N–H and O–H groups in total. The van der Waals surface area contributed by atoms with E-state index in [1.165, 1.54) is 0 Å². The number of hydrogen-bond acceptors (Lipinski definition) is 5. The molecule has 0 radical (unpaired) electrons. The highest BCUT2D eigenvalue weighted by atomic mass is 79.9. The van der Waals surface area contributed by atoms with Crippen molar-refractivity contribution in [3.05, 3.63) is 51.8 Å². The third-order valence-electron chi connectivity index (χ3n) is 3.34. The second-order valence-electron chi connectivity index (χ2n) is 4.96. The predicted molar refractivity (Wildman–Crippen MR) is 80.3 cm³/mol. The largest absolute Gasteiger partial charge is 0.351 e. The Bertz CT molecular complexity index is 658. The van der Waals surface area contributed by atoms with Gasteiger partial charge >= 0.3 is 0 Å². The van der Waals surface area contributed by atoms with Crippen molar-refractivity contribution in [3.63, 3.8) is 0 Å². The van der Waals surface area contributed by atoms with Gasteiger partial charge in [-0.05, 0) is 18.6 Å². The average Bonchev–Trinajstić information content (AvgIpc) is 3.08. The van der Waals surface area contributed by atoms with Crippen LogP contribution in [-0.4, -0.2) is 17.2 Å². The maximum atomic E-state index is 12.0. The number of carbonyl (C=O) groups excluding carboxylic acids is 1. The maximum absolute atomic E-state index is 12.0. The molecule has 2 unspecified atom stereocenters. The maximum Gasteiger partial charge on any atom is 0.291 e. The summed E-state index contributed by atoms with van der Waals surface area (Å²) >= 11 is 3.54. The molecular weight excluding hydrogens is 336 g/mol. The van der Waals surface area contributed by atoms with Crippen LogP contribution in [0.4, 0.5) is 0 Å². The zero-order chi connectivity index (χ0) is 14.8. The van der Waals surface area contributed by atoms with Gasteiger partial charge in [0.25, 0.3) is 5.91 Å². The molecule has 1 aliphatic heterocycles. The number of aryl methyl sites for hydroxylation is 1. The van der Waals surface area contributed by atoms with Crippen molar-refractivity contribution in [1.82, 2.24) is 21.3 Å². The van der Waals surface area contributed by atoms with E-state index in [4.69, 9.17) is 4.52 Å². The molecule has 0 saturated carbocycles. The molecule has 2 heterocycles. The molecule has 2 atom stereocenters. The van der Waals surface area contributed by atoms with Gasteiger partial charge in [-0.3, -0.25) is 4.79 Å². The first-order valence-electron chi connectivity index (χ1n) is 6.63. The van der Waals surface area contributed by atoms with E-state index in [0.29, 0.717) is 5.69 Å². The van der Waals surface area contributed by atoms with Gasteiger partial charge in [0.15, 0.2) is 0 Å². The highest BCUT2D eigenvalue weighted by molar-refractivity contribution is 9.10. The van der Waals surface area contributed by atoms with Crippen LogP contribution in [0.1, 0.15) is 34.3 Å². The van der Waals surface area contributed by atoms with E-state index in [1.807, 2.05) is 24.3 Å². The molecular formula is C14H15BrN4O2. The Morgan fingerprint density at radius 2 is 2.24 bits per heavy atom. The fraction of sp³-hybridized carbons (Fsp3) is 0.286. The predicted octanol–water partition coefficient (Wildman–Crippen LogP) is 2.04. The van der Waals surface area contributed by atoms with E-state index < -0.39 is 0 Å². The van der Waals surface area contributed by atoms with Gasteiger partial charge in [0.2, 0.25) is 5.76 Å². The highest BCUT2D eigenvalue weighted by Crippen LogP contribution is 2.27. The summed E-state index contributed by atoms with van der Waals surface area (Å²) in [6, 6.07) is 9.76. The molecule has 3 rings (SSSR count). The molecule has 0 bridgehead atoms. The smallest absolute Gasteiger partial charge is 0.291 e. The first-order valence-corrected chi connectivity index (χ1v) is 7.42. The lowest BCUT2D eigenvalue weighted by atomic mass is 10.0. The van der Waals surface area contributed by atoms with E-state index in [2.05, 4.69) is 37.3 Å². The minimum atomic E-state index is -0.275. The van der Waals surface area contributed by atoms with Crippen molar-refractivity contribution in [1.29, 1.82) is 0 Å². The lowest BCUT2D eigenvalue weighted by Gasteiger charge is -2.12. The van der Waals surface area contributed by atoms with Gasteiger partial charge in [0.05, 0.1) is 17.9 Å². The van der Waals surface area contributed by atoms with Gasteiger partial charge in [-0.15, -0.1) is 0 Å². The quantitative estimate of drug-likeness (QED) is 0.789. The van der Waals surface area contributed by atoms with Gasteiger partial charge in [-0.2, -0.15) is 0 Å². The van der Waals surface area contributed by atoms with Crippen molar-refractivity contribution >= 4 is 21.8 Å². The van der Waals surface area contributed by atoms with Crippen molar-refractivity contribution in [2.45, 2.75) is 25.6 Å². The molecule has 1 amide bonds. The number of amides is 1. The Balaban J connectivity index is 1.63. The molecule has 1 fully saturated rings. The molecule has 1 aromatic heterocycles. The summed E-state index contributed by atoms with van der Waals surface area (Å²) in [5, 5.41) is 6.57. The monoisotopic (exact) mass is 350 g/mol. The first kappa shape index (κ1) is 14.2. The molecule has 7 heteroatoms. The van der Waals surface area contributed by atoms with Crippen LogP contribution in [0.5, 0.6) is 0 Å². The van der Waals surface area contributed by atoms with Crippen LogP contribution in [0.25, 0.3) is 0 Å². The molecule has 1 saturated heterocycles. The Labute approximate surface area is 130 Å². The summed E-state index contributed by atoms with van der Waals surface area (Å²) in [4.78, 5) is 12.0. The van der Waals surface area contributed by atoms with Crippen molar-refractivity contribution in [2.24, 2.45) is 0 Å². The lowest BCUT2D eigenvalue weighted by Crippen LogP contribution is -2.44. The van der Waals surface area contributed by atoms with Crippen LogP contribution >= 0.6 is 15.9 Å². The van der Waals surface area contributed by atoms with Crippen LogP contribution < -0.4 is 16.2 Å². The second-order valence-corrected chi connectivity index (χ2v) is 5.81. The Morgan fingerprint density at radius 3 is 2.95 bits per heavy atom. The lowest BCUT2D eigenvalue weighted by molar-refractivity contribution is 0.0895. The number of hydrogen-bond donors (Lipinski definition) is 3. The molecule has 110 valence electrons. The summed E-state index contributed by atoms with van der Waals surface area (Å²) in [7, 11) is 0. The van der Waals surface area contributed by atoms with E-state index in [1.54, 1.807) is 13.0 Å². The standard InChI is InChI=1S/C14H15BrN4O2/c1-8-6-12(21-19-8)14(20)16-13-7-11(17-18-13)9-4-2-3-5-10(9)15/h2-6,11,13,17-18H,7H2,1H3,(H,16,20). The average molecular weight is 351 g/mol. The normalized spacial score (nSPS) is 21.4. The summed E-state index contributed by atoms with van der Waals surface area (Å²) in [5.74, 6) is -0.0543. The first-order chi connectivity index (χ1) is 10.1. The Morgan fingerprint density at radius 1 is 1.43 bits per heavy atom. The van der Waals surface area contributed by atoms with Gasteiger partial charge in [-0.25, -0.2) is 10.9 Å². The van der Waals surface area contributed by atoms with Crippen LogP contribution in [0.3, 0.4) is 0 Å². The topological polar surface area (TPSA) is 79.2 Å². The van der Waals surface area contributed by atoms with E-state index in [0.717, 1.165) is 16.5 Å². The third kappa shape index (κ3) is 3.15. The van der Waals surface area contributed by atoms with Crippen LogP contribution in [-0.2, 0) is 0 Å². The summed E-state index contributed by atoms with van der Waals surface area (Å²) in [6.45, 7) is 1.78. The number of benzene rings is 1. The zero-order valence-corrected chi connectivity index (χ0v) is 13.0. The number of hydrazine groups is 1. The van der Waals surface area contributed by atoms with E-state index >= 15 is 0 Å². The number of aromatic nitrogens is 1. The number of carbonyl (C=O) groups is 1. The van der Waals surface area contributed by atoms with E-state index in [9.17, 15) is 4.79 Å². The summed E-state index contributed by atoms with van der Waals surface area (Å²) in [5.41, 5.74) is 8.09. The number of nitrogens with zero attached hydrogens (tertiary/aromatic N) is 1. The Kier molecular flexibility index (Phi) is 4.05. The van der Waals surface area contributed by atoms with Crippen molar-refractivity contribution < 1.29 is 9.32 Å². The molecule has 0 aliphatic carbocycles. The SMILES string of the molecule is Cc1cc(C(=O)NC2CC(c3ccccc3Br)NN2)on1. The number of halogens is 1. The summed E-state index contributed by atoms with van der Waals surface area (Å²) in [6.07, 6.45) is 0.571. The second kappa shape index (κ2) is 5.97. The van der Waals surface area contributed by atoms with Crippen LogP contribution in [0.15, 0.2) is 39.3 Å². The van der Waals surface area contributed by atoms with Crippen molar-refractivity contribution in [2.75, 3.05) is 0 Å². The molecule has 1 aromatic carbocycles. The molecule has 1 aliphatic rings. The molecule has 6 nitrogen and oxygen atoms in total. The van der Waals surface area contributed by atoms with E-state index in [-0.39, 0.29) is 23.9 Å². The Hall–Kier alpha value is -1.70. The third-order valence-corrected chi connectivity index (χ3v) is 4.06. The number of rotatable bonds is 3. The van der Waals surface area contributed by atoms with Gasteiger partial charge < -0.3 is 9.84 Å². The van der Waals surface area contributed by atoms with Crippen molar-refractivity contribution in [3.8, 4) is 0 Å². The van der Waals surface area contributed by atoms with Gasteiger partial charge in [0, 0.05) is 17.0 Å². The number of nitrogens with one attached hydrogen (secondary N) is 3. The minimum absolute atomic E-state index is 0.127. The summed E-state index contributed by atoms with van der Waals surface area (Å²) < 4.78 is 5.99. The fourth-order valence-corrected chi connectivity index (χ4v) is 2.87. The zero-order valence-electron chi connectivity index (χ0n) is 11.4. The highest BCUT2D eigenvalue weighted by Gasteiger charge is 2.28. The molecule has 2 aromatic rings. The van der Waals surface area contributed by atoms with Gasteiger partial charge in [-0.1, -0.05) is 39.3 Å².